The summed E-state index contributed by atoms with van der Waals surface area (Å²) in [6.07, 6.45) is 0. The predicted molar refractivity (Wildman–Crippen MR) is 172 cm³/mol. The molecular formula is C37H25N3S. The number of hydrogen-bond donors (Lipinski definition) is 0. The molecular weight excluding hydrogens is 518 g/mol. The summed E-state index contributed by atoms with van der Waals surface area (Å²) in [6.45, 7) is 4.51. The van der Waals surface area contributed by atoms with Crippen molar-refractivity contribution in [2.24, 2.45) is 0 Å². The smallest absolute Gasteiger partial charge is 0.160 e. The molecule has 4 heteroatoms. The van der Waals surface area contributed by atoms with Gasteiger partial charge >= 0.3 is 0 Å². The van der Waals surface area contributed by atoms with E-state index in [4.69, 9.17) is 16.8 Å². The van der Waals surface area contributed by atoms with Crippen molar-refractivity contribution >= 4 is 53.4 Å². The largest absolute Gasteiger partial charge is 0.307 e. The Balaban J connectivity index is 1.33. The van der Waals surface area contributed by atoms with Gasteiger partial charge in [0.05, 0.1) is 39.5 Å². The molecule has 4 heterocycles. The van der Waals surface area contributed by atoms with Crippen molar-refractivity contribution in [2.45, 2.75) is 19.3 Å². The van der Waals surface area contributed by atoms with Crippen molar-refractivity contribution in [2.75, 3.05) is 0 Å². The normalized spacial score (nSPS) is 15.5. The molecule has 5 aromatic carbocycles. The number of para-hydroxylation sites is 2. The highest BCUT2D eigenvalue weighted by molar-refractivity contribution is 7.26. The van der Waals surface area contributed by atoms with E-state index in [1.807, 2.05) is 41.7 Å². The van der Waals surface area contributed by atoms with Crippen LogP contribution < -0.4 is 0 Å². The van der Waals surface area contributed by atoms with Crippen molar-refractivity contribution in [3.8, 4) is 28.3 Å². The molecule has 3 nitrogen and oxygen atoms in total. The van der Waals surface area contributed by atoms with Crippen LogP contribution in [0.1, 0.15) is 31.8 Å². The van der Waals surface area contributed by atoms with Crippen LogP contribution in [-0.2, 0) is 5.41 Å². The standard InChI is InChI=1S/C37H25N3S/c1-37(2)27-16-10-15-26-33(27)40(34-25-14-7-9-18-31(25)41-35(26)34)30-20-19-23(21-28(30)37)36-38-29-17-8-6-13-24(29)32(39-36)22-11-4-3-5-12-22/h3-21H,1-2H3/i3D,4D,5D,11D,12D. The van der Waals surface area contributed by atoms with Crippen molar-refractivity contribution in [1.29, 1.82) is 0 Å². The van der Waals surface area contributed by atoms with Crippen molar-refractivity contribution in [1.82, 2.24) is 14.5 Å². The van der Waals surface area contributed by atoms with Crippen LogP contribution >= 0.6 is 11.3 Å². The Bertz CT molecular complexity index is 2610. The Morgan fingerprint density at radius 3 is 2.37 bits per heavy atom. The molecule has 194 valence electrons. The molecule has 1 aliphatic heterocycles. The van der Waals surface area contributed by atoms with Gasteiger partial charge in [-0.1, -0.05) is 98.7 Å². The molecule has 0 N–H and O–H groups in total. The fourth-order valence-electron chi connectivity index (χ4n) is 6.54. The Morgan fingerprint density at radius 2 is 1.49 bits per heavy atom. The highest BCUT2D eigenvalue weighted by Crippen LogP contribution is 2.51. The predicted octanol–water partition coefficient (Wildman–Crippen LogP) is 9.91. The van der Waals surface area contributed by atoms with E-state index < -0.39 is 6.04 Å². The maximum Gasteiger partial charge on any atom is 0.160 e. The van der Waals surface area contributed by atoms with Gasteiger partial charge in [-0.3, -0.25) is 0 Å². The van der Waals surface area contributed by atoms with Crippen molar-refractivity contribution in [3.05, 3.63) is 126 Å². The van der Waals surface area contributed by atoms with Gasteiger partial charge in [0.2, 0.25) is 0 Å². The lowest BCUT2D eigenvalue weighted by Gasteiger charge is -2.35. The van der Waals surface area contributed by atoms with Crippen LogP contribution in [0.4, 0.5) is 0 Å². The third-order valence-corrected chi connectivity index (χ3v) is 9.67. The van der Waals surface area contributed by atoms with E-state index in [1.54, 1.807) is 0 Å². The van der Waals surface area contributed by atoms with E-state index in [9.17, 15) is 0 Å². The molecule has 3 aromatic heterocycles. The zero-order valence-electron chi connectivity index (χ0n) is 27.3. The molecule has 9 rings (SSSR count). The first-order valence-electron chi connectivity index (χ1n) is 16.1. The number of benzene rings is 5. The monoisotopic (exact) mass is 548 g/mol. The number of fused-ring (bicyclic) bond motifs is 8. The van der Waals surface area contributed by atoms with Gasteiger partial charge in [0.25, 0.3) is 0 Å². The van der Waals surface area contributed by atoms with E-state index in [1.165, 1.54) is 36.8 Å². The van der Waals surface area contributed by atoms with E-state index in [-0.39, 0.29) is 35.1 Å². The fourth-order valence-corrected chi connectivity index (χ4v) is 7.76. The lowest BCUT2D eigenvalue weighted by Crippen LogP contribution is -2.26. The van der Waals surface area contributed by atoms with Crippen LogP contribution in [0.5, 0.6) is 0 Å². The minimum Gasteiger partial charge on any atom is -0.307 e. The number of nitrogens with zero attached hydrogens (tertiary/aromatic N) is 3. The van der Waals surface area contributed by atoms with Gasteiger partial charge < -0.3 is 4.57 Å². The summed E-state index contributed by atoms with van der Waals surface area (Å²) in [7, 11) is 0. The van der Waals surface area contributed by atoms with Crippen molar-refractivity contribution in [3.63, 3.8) is 0 Å². The summed E-state index contributed by atoms with van der Waals surface area (Å²) in [5.41, 5.74) is 7.45. The lowest BCUT2D eigenvalue weighted by atomic mass is 9.74. The molecule has 41 heavy (non-hydrogen) atoms. The Morgan fingerprint density at radius 1 is 0.707 bits per heavy atom. The lowest BCUT2D eigenvalue weighted by molar-refractivity contribution is 0.630. The molecule has 0 saturated heterocycles. The molecule has 0 saturated carbocycles. The van der Waals surface area contributed by atoms with Gasteiger partial charge in [0, 0.05) is 37.4 Å². The molecule has 0 bridgehead atoms. The van der Waals surface area contributed by atoms with Crippen LogP contribution in [0.25, 0.3) is 70.4 Å². The minimum absolute atomic E-state index is 0.0690. The third kappa shape index (κ3) is 3.08. The van der Waals surface area contributed by atoms with Crippen LogP contribution in [-0.4, -0.2) is 14.5 Å². The zero-order chi connectivity index (χ0) is 31.6. The van der Waals surface area contributed by atoms with Crippen LogP contribution in [0.15, 0.2) is 115 Å². The summed E-state index contributed by atoms with van der Waals surface area (Å²) in [5.74, 6) is 0.432. The van der Waals surface area contributed by atoms with Crippen LogP contribution in [0.3, 0.4) is 0 Å². The Labute approximate surface area is 248 Å². The topological polar surface area (TPSA) is 30.7 Å². The molecule has 0 amide bonds. The van der Waals surface area contributed by atoms with Gasteiger partial charge in [-0.15, -0.1) is 11.3 Å². The first-order chi connectivity index (χ1) is 22.2. The summed E-state index contributed by atoms with van der Waals surface area (Å²) in [6, 6.07) is 27.2. The number of rotatable bonds is 2. The number of thiophene rings is 1. The van der Waals surface area contributed by atoms with Crippen LogP contribution in [0, 0.1) is 0 Å². The summed E-state index contributed by atoms with van der Waals surface area (Å²) in [4.78, 5) is 9.88. The van der Waals surface area contributed by atoms with E-state index in [0.717, 1.165) is 16.8 Å². The highest BCUT2D eigenvalue weighted by atomic mass is 32.1. The highest BCUT2D eigenvalue weighted by Gasteiger charge is 2.36. The Kier molecular flexibility index (Phi) is 3.67. The van der Waals surface area contributed by atoms with Gasteiger partial charge in [0.15, 0.2) is 5.82 Å². The quantitative estimate of drug-likeness (QED) is 0.215. The average molecular weight is 549 g/mol. The number of hydrogen-bond acceptors (Lipinski definition) is 3. The van der Waals surface area contributed by atoms with E-state index in [2.05, 4.69) is 73.0 Å². The summed E-state index contributed by atoms with van der Waals surface area (Å²) >= 11 is 1.83. The SMILES string of the molecule is [2H]c1c([2H])c([2H])c(-c2nc(-c3ccc4c(c3)C(C)(C)c3cccc5c6sc7ccccc7c6n-4c35)nc3ccccc23)c([2H])c1[2H]. The maximum absolute atomic E-state index is 8.68. The molecule has 0 unspecified atom stereocenters. The fraction of sp³-hybridized carbons (Fsp3) is 0.0811. The second-order valence-electron chi connectivity index (χ2n) is 11.1. The second-order valence-corrected chi connectivity index (χ2v) is 12.1. The molecule has 8 aromatic rings. The average Bonchev–Trinajstić information content (AvgIpc) is 3.61. The molecule has 0 fully saturated rings. The molecule has 0 spiro atoms. The first kappa shape index (κ1) is 18.5. The van der Waals surface area contributed by atoms with E-state index in [0.29, 0.717) is 22.4 Å². The number of aromatic nitrogens is 3. The molecule has 0 atom stereocenters. The van der Waals surface area contributed by atoms with Crippen molar-refractivity contribution < 1.29 is 6.85 Å². The third-order valence-electron chi connectivity index (χ3n) is 8.48. The van der Waals surface area contributed by atoms with E-state index >= 15 is 0 Å². The summed E-state index contributed by atoms with van der Waals surface area (Å²) < 4.78 is 47.0. The zero-order valence-corrected chi connectivity index (χ0v) is 23.1. The Hall–Kier alpha value is -4.80. The molecule has 0 aliphatic carbocycles. The molecule has 1 aliphatic rings. The second kappa shape index (κ2) is 8.12. The minimum atomic E-state index is -0.429. The maximum atomic E-state index is 8.68. The molecule has 0 radical (unpaired) electrons. The van der Waals surface area contributed by atoms with Gasteiger partial charge in [0.1, 0.15) is 0 Å². The van der Waals surface area contributed by atoms with Gasteiger partial charge in [-0.25, -0.2) is 9.97 Å². The van der Waals surface area contributed by atoms with Crippen LogP contribution in [0.2, 0.25) is 0 Å². The first-order valence-corrected chi connectivity index (χ1v) is 14.4. The van der Waals surface area contributed by atoms with Gasteiger partial charge in [-0.05, 0) is 41.5 Å². The van der Waals surface area contributed by atoms with Gasteiger partial charge in [-0.2, -0.15) is 0 Å². The summed E-state index contributed by atoms with van der Waals surface area (Å²) in [5, 5.41) is 3.12.